The Morgan fingerprint density at radius 1 is 1.13 bits per heavy atom. The average Bonchev–Trinajstić information content (AvgIpc) is 2.54. The molecule has 2 aromatic carbocycles. The Morgan fingerprint density at radius 3 is 2.57 bits per heavy atom. The van der Waals surface area contributed by atoms with Crippen LogP contribution in [-0.2, 0) is 4.79 Å². The molecule has 1 heterocycles. The SMILES string of the molecule is CC(=O)NC(c1ccc(C)cc1)c1ccc2cccnc2c1O. The summed E-state index contributed by atoms with van der Waals surface area (Å²) in [5, 5.41) is 14.4. The fourth-order valence-corrected chi connectivity index (χ4v) is 2.68. The summed E-state index contributed by atoms with van der Waals surface area (Å²) in [4.78, 5) is 15.9. The van der Waals surface area contributed by atoms with Gasteiger partial charge in [0.25, 0.3) is 0 Å². The molecule has 116 valence electrons. The van der Waals surface area contributed by atoms with Crippen LogP contribution in [0.5, 0.6) is 5.75 Å². The van der Waals surface area contributed by atoms with Crippen molar-refractivity contribution in [3.05, 3.63) is 71.4 Å². The van der Waals surface area contributed by atoms with Crippen LogP contribution in [0.4, 0.5) is 0 Å². The maximum absolute atomic E-state index is 11.6. The second-order valence-electron chi connectivity index (χ2n) is 5.62. The van der Waals surface area contributed by atoms with E-state index in [1.807, 2.05) is 55.5 Å². The molecule has 0 radical (unpaired) electrons. The quantitative estimate of drug-likeness (QED) is 0.779. The molecule has 4 nitrogen and oxygen atoms in total. The number of benzene rings is 2. The predicted octanol–water partition coefficient (Wildman–Crippen LogP) is 3.47. The minimum Gasteiger partial charge on any atom is -0.505 e. The van der Waals surface area contributed by atoms with Crippen LogP contribution in [0.3, 0.4) is 0 Å². The number of aryl methyl sites for hydroxylation is 1. The van der Waals surface area contributed by atoms with E-state index in [4.69, 9.17) is 0 Å². The first kappa shape index (κ1) is 15.0. The van der Waals surface area contributed by atoms with E-state index < -0.39 is 6.04 Å². The van der Waals surface area contributed by atoms with Gasteiger partial charge in [-0.3, -0.25) is 9.78 Å². The lowest BCUT2D eigenvalue weighted by Crippen LogP contribution is -2.27. The van der Waals surface area contributed by atoms with Gasteiger partial charge in [-0.15, -0.1) is 0 Å². The Hall–Kier alpha value is -2.88. The standard InChI is InChI=1S/C19H18N2O2/c1-12-5-7-15(8-6-12)17(21-13(2)22)16-10-9-14-4-3-11-20-18(14)19(16)23/h3-11,17,23H,1-2H3,(H,21,22). The molecule has 1 amide bonds. The highest BCUT2D eigenvalue weighted by Crippen LogP contribution is 2.34. The summed E-state index contributed by atoms with van der Waals surface area (Å²) in [5.74, 6) is -0.0569. The molecule has 4 heteroatoms. The molecule has 0 bridgehead atoms. The molecule has 23 heavy (non-hydrogen) atoms. The van der Waals surface area contributed by atoms with Crippen LogP contribution in [0.25, 0.3) is 10.9 Å². The van der Waals surface area contributed by atoms with Gasteiger partial charge < -0.3 is 10.4 Å². The molecule has 0 saturated carbocycles. The highest BCUT2D eigenvalue weighted by molar-refractivity contribution is 5.86. The zero-order valence-corrected chi connectivity index (χ0v) is 13.1. The number of nitrogens with zero attached hydrogens (tertiary/aromatic N) is 1. The number of aromatic nitrogens is 1. The van der Waals surface area contributed by atoms with Crippen molar-refractivity contribution in [1.29, 1.82) is 0 Å². The number of carbonyl (C=O) groups excluding carboxylic acids is 1. The first-order chi connectivity index (χ1) is 11.1. The fourth-order valence-electron chi connectivity index (χ4n) is 2.68. The van der Waals surface area contributed by atoms with Crippen LogP contribution in [0.15, 0.2) is 54.7 Å². The van der Waals surface area contributed by atoms with Gasteiger partial charge in [-0.25, -0.2) is 0 Å². The van der Waals surface area contributed by atoms with E-state index in [-0.39, 0.29) is 11.7 Å². The molecule has 1 unspecified atom stereocenters. The molecular formula is C19H18N2O2. The maximum Gasteiger partial charge on any atom is 0.217 e. The Morgan fingerprint density at radius 2 is 1.87 bits per heavy atom. The Kier molecular flexibility index (Phi) is 3.98. The summed E-state index contributed by atoms with van der Waals surface area (Å²) in [5.41, 5.74) is 3.22. The van der Waals surface area contributed by atoms with Crippen LogP contribution >= 0.6 is 0 Å². The molecule has 0 saturated heterocycles. The smallest absolute Gasteiger partial charge is 0.217 e. The Labute approximate surface area is 134 Å². The molecular weight excluding hydrogens is 288 g/mol. The number of nitrogens with one attached hydrogen (secondary N) is 1. The van der Waals surface area contributed by atoms with Crippen molar-refractivity contribution in [1.82, 2.24) is 10.3 Å². The second-order valence-corrected chi connectivity index (χ2v) is 5.62. The topological polar surface area (TPSA) is 62.2 Å². The molecule has 0 aliphatic rings. The lowest BCUT2D eigenvalue weighted by molar-refractivity contribution is -0.119. The molecule has 0 aliphatic heterocycles. The van der Waals surface area contributed by atoms with E-state index in [2.05, 4.69) is 10.3 Å². The van der Waals surface area contributed by atoms with Crippen molar-refractivity contribution in [3.8, 4) is 5.75 Å². The summed E-state index contributed by atoms with van der Waals surface area (Å²) in [6.45, 7) is 3.48. The third-order valence-corrected chi connectivity index (χ3v) is 3.85. The van der Waals surface area contributed by atoms with Crippen LogP contribution in [0.1, 0.15) is 29.7 Å². The van der Waals surface area contributed by atoms with Crippen molar-refractivity contribution < 1.29 is 9.90 Å². The summed E-state index contributed by atoms with van der Waals surface area (Å²) >= 11 is 0. The van der Waals surface area contributed by atoms with Crippen LogP contribution in [0.2, 0.25) is 0 Å². The van der Waals surface area contributed by atoms with Gasteiger partial charge in [-0.05, 0) is 18.6 Å². The number of pyridine rings is 1. The zero-order valence-electron chi connectivity index (χ0n) is 13.1. The number of carbonyl (C=O) groups is 1. The summed E-state index contributed by atoms with van der Waals surface area (Å²) < 4.78 is 0. The molecule has 0 spiro atoms. The third kappa shape index (κ3) is 3.01. The van der Waals surface area contributed by atoms with E-state index in [9.17, 15) is 9.90 Å². The number of hydrogen-bond donors (Lipinski definition) is 2. The van der Waals surface area contributed by atoms with E-state index in [1.165, 1.54) is 6.92 Å². The van der Waals surface area contributed by atoms with Gasteiger partial charge in [0, 0.05) is 24.1 Å². The van der Waals surface area contributed by atoms with Crippen LogP contribution in [-0.4, -0.2) is 16.0 Å². The Balaban J connectivity index is 2.14. The molecule has 0 fully saturated rings. The number of rotatable bonds is 3. The normalized spacial score (nSPS) is 12.1. The summed E-state index contributed by atoms with van der Waals surface area (Å²) in [7, 11) is 0. The summed E-state index contributed by atoms with van der Waals surface area (Å²) in [6, 6.07) is 14.9. The van der Waals surface area contributed by atoms with Crippen molar-refractivity contribution in [3.63, 3.8) is 0 Å². The van der Waals surface area contributed by atoms with Gasteiger partial charge in [0.15, 0.2) is 0 Å². The number of fused-ring (bicyclic) bond motifs is 1. The van der Waals surface area contributed by atoms with Gasteiger partial charge in [0.1, 0.15) is 11.3 Å². The van der Waals surface area contributed by atoms with Crippen molar-refractivity contribution >= 4 is 16.8 Å². The Bertz CT molecular complexity index is 857. The molecule has 3 aromatic rings. The number of amides is 1. The average molecular weight is 306 g/mol. The number of hydrogen-bond acceptors (Lipinski definition) is 3. The van der Waals surface area contributed by atoms with Gasteiger partial charge in [0.05, 0.1) is 6.04 Å². The highest BCUT2D eigenvalue weighted by Gasteiger charge is 2.20. The van der Waals surface area contributed by atoms with Gasteiger partial charge >= 0.3 is 0 Å². The van der Waals surface area contributed by atoms with E-state index in [0.29, 0.717) is 11.1 Å². The molecule has 1 atom stereocenters. The maximum atomic E-state index is 11.6. The lowest BCUT2D eigenvalue weighted by atomic mass is 9.95. The zero-order chi connectivity index (χ0) is 16.4. The van der Waals surface area contributed by atoms with E-state index >= 15 is 0 Å². The second kappa shape index (κ2) is 6.08. The lowest BCUT2D eigenvalue weighted by Gasteiger charge is -2.20. The molecule has 2 N–H and O–H groups in total. The minimum absolute atomic E-state index is 0.0995. The van der Waals surface area contributed by atoms with E-state index in [1.54, 1.807) is 6.20 Å². The molecule has 1 aromatic heterocycles. The van der Waals surface area contributed by atoms with Crippen molar-refractivity contribution in [2.24, 2.45) is 0 Å². The first-order valence-electron chi connectivity index (χ1n) is 7.46. The van der Waals surface area contributed by atoms with Gasteiger partial charge in [-0.1, -0.05) is 48.0 Å². The van der Waals surface area contributed by atoms with Crippen molar-refractivity contribution in [2.45, 2.75) is 19.9 Å². The predicted molar refractivity (Wildman–Crippen MR) is 90.2 cm³/mol. The van der Waals surface area contributed by atoms with Crippen LogP contribution < -0.4 is 5.32 Å². The monoisotopic (exact) mass is 306 g/mol. The highest BCUT2D eigenvalue weighted by atomic mass is 16.3. The van der Waals surface area contributed by atoms with Gasteiger partial charge in [-0.2, -0.15) is 0 Å². The fraction of sp³-hybridized carbons (Fsp3) is 0.158. The number of aromatic hydroxyl groups is 1. The van der Waals surface area contributed by atoms with Crippen molar-refractivity contribution in [2.75, 3.05) is 0 Å². The summed E-state index contributed by atoms with van der Waals surface area (Å²) in [6.07, 6.45) is 1.64. The van der Waals surface area contributed by atoms with E-state index in [0.717, 1.165) is 16.5 Å². The number of phenols is 1. The van der Waals surface area contributed by atoms with Gasteiger partial charge in [0.2, 0.25) is 5.91 Å². The number of phenolic OH excluding ortho intramolecular Hbond substituents is 1. The molecule has 0 aliphatic carbocycles. The minimum atomic E-state index is -0.417. The molecule has 3 rings (SSSR count). The van der Waals surface area contributed by atoms with Crippen LogP contribution in [0, 0.1) is 6.92 Å². The first-order valence-corrected chi connectivity index (χ1v) is 7.46. The largest absolute Gasteiger partial charge is 0.505 e. The third-order valence-electron chi connectivity index (χ3n) is 3.85.